The van der Waals surface area contributed by atoms with Gasteiger partial charge in [-0.2, -0.15) is 4.99 Å². The maximum absolute atomic E-state index is 12.0. The van der Waals surface area contributed by atoms with Crippen molar-refractivity contribution >= 4 is 32.7 Å². The lowest BCUT2D eigenvalue weighted by atomic mass is 10.1. The van der Waals surface area contributed by atoms with Crippen LogP contribution in [0.3, 0.4) is 0 Å². The highest BCUT2D eigenvalue weighted by atomic mass is 32.2. The number of thioether (sulfide) groups is 1. The molecule has 0 bridgehead atoms. The molecular weight excluding hydrogens is 344 g/mol. The second kappa shape index (κ2) is 6.88. The van der Waals surface area contributed by atoms with Crippen LogP contribution >= 0.6 is 11.8 Å². The zero-order valence-corrected chi connectivity index (χ0v) is 15.5. The summed E-state index contributed by atoms with van der Waals surface area (Å²) in [4.78, 5) is 18.3. The Morgan fingerprint density at radius 3 is 2.67 bits per heavy atom. The van der Waals surface area contributed by atoms with Crippen LogP contribution in [0.15, 0.2) is 35.3 Å². The van der Waals surface area contributed by atoms with Crippen LogP contribution in [0.5, 0.6) is 0 Å². The van der Waals surface area contributed by atoms with Gasteiger partial charge in [-0.3, -0.25) is 4.79 Å². The average molecular weight is 367 g/mol. The number of fused-ring (bicyclic) bond motifs is 1. The Bertz CT molecular complexity index is 744. The molecule has 24 heavy (non-hydrogen) atoms. The van der Waals surface area contributed by atoms with Crippen molar-refractivity contribution in [2.75, 3.05) is 18.1 Å². The molecule has 1 aromatic carbocycles. The van der Waals surface area contributed by atoms with Crippen molar-refractivity contribution < 1.29 is 13.2 Å². The number of nitrogens with zero attached hydrogens (tertiary/aromatic N) is 2. The van der Waals surface area contributed by atoms with E-state index in [1.807, 2.05) is 36.9 Å². The van der Waals surface area contributed by atoms with Gasteiger partial charge >= 0.3 is 0 Å². The Labute approximate surface area is 147 Å². The molecule has 1 aromatic rings. The van der Waals surface area contributed by atoms with Gasteiger partial charge in [0, 0.05) is 17.7 Å². The average Bonchev–Trinajstić information content (AvgIpc) is 2.97. The van der Waals surface area contributed by atoms with Crippen LogP contribution in [0.1, 0.15) is 19.4 Å². The highest BCUT2D eigenvalue weighted by Crippen LogP contribution is 2.38. The standard InChI is InChI=1S/C17H22N2O3S2/c1-12(2)16(20)18-17-19(9-8-13-6-4-3-5-7-13)14-10-24(21,22)11-15(14)23-17/h3-7,12,14-15H,8-11H2,1-2H3. The molecule has 5 nitrogen and oxygen atoms in total. The first-order valence-corrected chi connectivity index (χ1v) is 10.9. The van der Waals surface area contributed by atoms with Crippen molar-refractivity contribution in [2.24, 2.45) is 10.9 Å². The monoisotopic (exact) mass is 366 g/mol. The first-order valence-electron chi connectivity index (χ1n) is 8.16. The quantitative estimate of drug-likeness (QED) is 0.815. The number of aliphatic imine (C=N–C) groups is 1. The molecule has 0 N–H and O–H groups in total. The van der Waals surface area contributed by atoms with Crippen molar-refractivity contribution in [3.8, 4) is 0 Å². The van der Waals surface area contributed by atoms with Gasteiger partial charge in [0.15, 0.2) is 15.0 Å². The van der Waals surface area contributed by atoms with E-state index in [4.69, 9.17) is 0 Å². The van der Waals surface area contributed by atoms with E-state index in [0.29, 0.717) is 11.7 Å². The Kier molecular flexibility index (Phi) is 5.01. The number of hydrogen-bond donors (Lipinski definition) is 0. The van der Waals surface area contributed by atoms with Crippen LogP contribution in [0.25, 0.3) is 0 Å². The molecule has 0 aromatic heterocycles. The van der Waals surface area contributed by atoms with Gasteiger partial charge in [-0.15, -0.1) is 0 Å². The van der Waals surface area contributed by atoms with E-state index in [0.717, 1.165) is 6.42 Å². The number of carbonyl (C=O) groups excluding carboxylic acids is 1. The second-order valence-electron chi connectivity index (χ2n) is 6.62. The summed E-state index contributed by atoms with van der Waals surface area (Å²) < 4.78 is 23.9. The molecule has 0 aliphatic carbocycles. The highest BCUT2D eigenvalue weighted by Gasteiger charge is 2.48. The Balaban J connectivity index is 1.80. The summed E-state index contributed by atoms with van der Waals surface area (Å²) in [5.41, 5.74) is 1.20. The van der Waals surface area contributed by atoms with Crippen molar-refractivity contribution in [3.63, 3.8) is 0 Å². The van der Waals surface area contributed by atoms with Crippen LogP contribution in [-0.4, -0.2) is 53.7 Å². The minimum atomic E-state index is -2.99. The zero-order valence-electron chi connectivity index (χ0n) is 13.9. The number of amidine groups is 1. The fourth-order valence-electron chi connectivity index (χ4n) is 3.01. The van der Waals surface area contributed by atoms with Gasteiger partial charge in [0.05, 0.1) is 17.5 Å². The van der Waals surface area contributed by atoms with Crippen LogP contribution in [-0.2, 0) is 21.1 Å². The second-order valence-corrected chi connectivity index (χ2v) is 9.98. The number of hydrogen-bond acceptors (Lipinski definition) is 4. The predicted octanol–water partition coefficient (Wildman–Crippen LogP) is 1.98. The van der Waals surface area contributed by atoms with Crippen LogP contribution in [0.2, 0.25) is 0 Å². The maximum Gasteiger partial charge on any atom is 0.250 e. The predicted molar refractivity (Wildman–Crippen MR) is 98.0 cm³/mol. The summed E-state index contributed by atoms with van der Waals surface area (Å²) in [6.07, 6.45) is 0.805. The molecule has 2 saturated heterocycles. The molecule has 2 heterocycles. The lowest BCUT2D eigenvalue weighted by molar-refractivity contribution is -0.120. The van der Waals surface area contributed by atoms with E-state index in [9.17, 15) is 13.2 Å². The van der Waals surface area contributed by atoms with Crippen molar-refractivity contribution in [2.45, 2.75) is 31.6 Å². The first-order chi connectivity index (χ1) is 11.4. The van der Waals surface area contributed by atoms with Gasteiger partial charge in [-0.25, -0.2) is 8.42 Å². The fraction of sp³-hybridized carbons (Fsp3) is 0.529. The molecule has 0 saturated carbocycles. The lowest BCUT2D eigenvalue weighted by Crippen LogP contribution is -2.39. The van der Waals surface area contributed by atoms with Gasteiger partial charge in [-0.1, -0.05) is 55.9 Å². The van der Waals surface area contributed by atoms with Crippen molar-refractivity contribution in [1.82, 2.24) is 4.90 Å². The van der Waals surface area contributed by atoms with Gasteiger partial charge in [0.1, 0.15) is 0 Å². The molecule has 2 aliphatic rings. The number of sulfone groups is 1. The Hall–Kier alpha value is -1.34. The summed E-state index contributed by atoms with van der Waals surface area (Å²) in [5, 5.41) is 0.680. The Morgan fingerprint density at radius 1 is 1.29 bits per heavy atom. The Morgan fingerprint density at radius 2 is 2.00 bits per heavy atom. The van der Waals surface area contributed by atoms with Gasteiger partial charge in [-0.05, 0) is 12.0 Å². The third-order valence-electron chi connectivity index (χ3n) is 4.36. The molecule has 130 valence electrons. The number of amides is 1. The molecule has 7 heteroatoms. The largest absolute Gasteiger partial charge is 0.346 e. The molecule has 1 amide bonds. The van der Waals surface area contributed by atoms with E-state index in [1.54, 1.807) is 0 Å². The summed E-state index contributed by atoms with van der Waals surface area (Å²) in [6.45, 7) is 4.33. The zero-order chi connectivity index (χ0) is 17.3. The molecular formula is C17H22N2O3S2. The third kappa shape index (κ3) is 3.83. The first kappa shape index (κ1) is 17.5. The van der Waals surface area contributed by atoms with E-state index < -0.39 is 9.84 Å². The third-order valence-corrected chi connectivity index (χ3v) is 7.61. The fourth-order valence-corrected chi connectivity index (χ4v) is 7.00. The van der Waals surface area contributed by atoms with Gasteiger partial charge < -0.3 is 4.90 Å². The van der Waals surface area contributed by atoms with E-state index >= 15 is 0 Å². The number of rotatable bonds is 4. The molecule has 0 radical (unpaired) electrons. The molecule has 2 atom stereocenters. The summed E-state index contributed by atoms with van der Waals surface area (Å²) in [5.74, 6) is 0.0382. The highest BCUT2D eigenvalue weighted by molar-refractivity contribution is 8.15. The SMILES string of the molecule is CC(C)C(=O)N=C1SC2CS(=O)(=O)CC2N1CCc1ccccc1. The molecule has 2 fully saturated rings. The summed E-state index contributed by atoms with van der Waals surface area (Å²) in [6, 6.07) is 10.0. The van der Waals surface area contributed by atoms with E-state index in [-0.39, 0.29) is 34.6 Å². The van der Waals surface area contributed by atoms with E-state index in [2.05, 4.69) is 17.1 Å². The lowest BCUT2D eigenvalue weighted by Gasteiger charge is -2.24. The molecule has 0 spiro atoms. The van der Waals surface area contributed by atoms with Crippen LogP contribution in [0, 0.1) is 5.92 Å². The van der Waals surface area contributed by atoms with Gasteiger partial charge in [0.2, 0.25) is 0 Å². The van der Waals surface area contributed by atoms with E-state index in [1.165, 1.54) is 17.3 Å². The minimum Gasteiger partial charge on any atom is -0.346 e. The van der Waals surface area contributed by atoms with Crippen LogP contribution in [0.4, 0.5) is 0 Å². The smallest absolute Gasteiger partial charge is 0.250 e. The van der Waals surface area contributed by atoms with Crippen molar-refractivity contribution in [1.29, 1.82) is 0 Å². The van der Waals surface area contributed by atoms with Crippen molar-refractivity contribution in [3.05, 3.63) is 35.9 Å². The summed E-state index contributed by atoms with van der Waals surface area (Å²) >= 11 is 1.45. The molecule has 3 rings (SSSR count). The number of benzene rings is 1. The number of carbonyl (C=O) groups is 1. The maximum atomic E-state index is 12.0. The topological polar surface area (TPSA) is 66.8 Å². The molecule has 2 unspecified atom stereocenters. The van der Waals surface area contributed by atoms with Crippen LogP contribution < -0.4 is 0 Å². The normalized spacial score (nSPS) is 27.0. The van der Waals surface area contributed by atoms with Gasteiger partial charge in [0.25, 0.3) is 5.91 Å². The molecule has 2 aliphatic heterocycles. The minimum absolute atomic E-state index is 0.00974. The summed E-state index contributed by atoms with van der Waals surface area (Å²) in [7, 11) is -2.99.